The standard InChI is InChI=1S/C12H11F3N2O/c1-2-3-9-8-5-4-7(12(13,14)15)6-10(8)17-11(18)16-9/h4-6H,2-3H2,1H3,(H,16,17,18). The number of alkyl halides is 3. The number of hydrogen-bond acceptors (Lipinski definition) is 2. The molecule has 0 unspecified atom stereocenters. The van der Waals surface area contributed by atoms with Gasteiger partial charge in [0.1, 0.15) is 0 Å². The highest BCUT2D eigenvalue weighted by Gasteiger charge is 2.30. The normalized spacial score (nSPS) is 12.0. The molecule has 0 aliphatic heterocycles. The smallest absolute Gasteiger partial charge is 0.309 e. The van der Waals surface area contributed by atoms with Crippen LogP contribution in [0, 0.1) is 0 Å². The van der Waals surface area contributed by atoms with Crippen LogP contribution in [0.3, 0.4) is 0 Å². The fourth-order valence-electron chi connectivity index (χ4n) is 1.84. The Morgan fingerprint density at radius 2 is 2.06 bits per heavy atom. The second-order valence-corrected chi connectivity index (χ2v) is 4.00. The van der Waals surface area contributed by atoms with Crippen LogP contribution < -0.4 is 5.69 Å². The number of fused-ring (bicyclic) bond motifs is 1. The van der Waals surface area contributed by atoms with Crippen molar-refractivity contribution in [2.75, 3.05) is 0 Å². The van der Waals surface area contributed by atoms with Crippen molar-refractivity contribution in [3.8, 4) is 0 Å². The Labute approximate surface area is 101 Å². The zero-order chi connectivity index (χ0) is 13.3. The molecule has 0 radical (unpaired) electrons. The van der Waals surface area contributed by atoms with Crippen molar-refractivity contribution >= 4 is 10.9 Å². The Balaban J connectivity index is 2.68. The number of aromatic nitrogens is 2. The molecule has 0 atom stereocenters. The van der Waals surface area contributed by atoms with E-state index in [0.717, 1.165) is 18.6 Å². The number of aromatic amines is 1. The largest absolute Gasteiger partial charge is 0.416 e. The van der Waals surface area contributed by atoms with E-state index in [9.17, 15) is 18.0 Å². The van der Waals surface area contributed by atoms with E-state index in [1.54, 1.807) is 0 Å². The number of aryl methyl sites for hydroxylation is 1. The first-order valence-corrected chi connectivity index (χ1v) is 5.52. The van der Waals surface area contributed by atoms with E-state index in [1.165, 1.54) is 6.07 Å². The lowest BCUT2D eigenvalue weighted by molar-refractivity contribution is -0.137. The van der Waals surface area contributed by atoms with Crippen LogP contribution in [-0.4, -0.2) is 9.97 Å². The van der Waals surface area contributed by atoms with Gasteiger partial charge in [-0.3, -0.25) is 0 Å². The van der Waals surface area contributed by atoms with Crippen molar-refractivity contribution in [1.29, 1.82) is 0 Å². The SMILES string of the molecule is CCCc1[nH]c(=O)nc2cc(C(F)(F)F)ccc12. The Kier molecular flexibility index (Phi) is 3.11. The quantitative estimate of drug-likeness (QED) is 0.898. The molecule has 1 aromatic heterocycles. The minimum absolute atomic E-state index is 0.0806. The van der Waals surface area contributed by atoms with Gasteiger partial charge in [0.25, 0.3) is 0 Å². The molecule has 1 heterocycles. The van der Waals surface area contributed by atoms with Crippen molar-refractivity contribution in [2.45, 2.75) is 25.9 Å². The second-order valence-electron chi connectivity index (χ2n) is 4.00. The van der Waals surface area contributed by atoms with E-state index in [0.29, 0.717) is 17.5 Å². The Hall–Kier alpha value is -1.85. The molecule has 3 nitrogen and oxygen atoms in total. The predicted molar refractivity (Wildman–Crippen MR) is 61.4 cm³/mol. The van der Waals surface area contributed by atoms with Gasteiger partial charge in [-0.15, -0.1) is 0 Å². The Bertz CT molecular complexity index is 631. The topological polar surface area (TPSA) is 45.8 Å². The summed E-state index contributed by atoms with van der Waals surface area (Å²) in [6.07, 6.45) is -3.04. The number of halogens is 3. The molecule has 6 heteroatoms. The van der Waals surface area contributed by atoms with Gasteiger partial charge in [-0.25, -0.2) is 4.79 Å². The van der Waals surface area contributed by atoms with Gasteiger partial charge in [0.15, 0.2) is 0 Å². The summed E-state index contributed by atoms with van der Waals surface area (Å²) in [5.41, 5.74) is -0.709. The van der Waals surface area contributed by atoms with Crippen molar-refractivity contribution in [2.24, 2.45) is 0 Å². The van der Waals surface area contributed by atoms with E-state index >= 15 is 0 Å². The number of nitrogens with one attached hydrogen (secondary N) is 1. The van der Waals surface area contributed by atoms with E-state index < -0.39 is 17.4 Å². The summed E-state index contributed by atoms with van der Waals surface area (Å²) in [6.45, 7) is 1.93. The summed E-state index contributed by atoms with van der Waals surface area (Å²) in [5.74, 6) is 0. The molecular weight excluding hydrogens is 245 g/mol. The summed E-state index contributed by atoms with van der Waals surface area (Å²) >= 11 is 0. The van der Waals surface area contributed by atoms with Gasteiger partial charge in [0, 0.05) is 11.1 Å². The minimum atomic E-state index is -4.43. The molecule has 0 amide bonds. The third kappa shape index (κ3) is 2.37. The molecule has 2 rings (SSSR count). The van der Waals surface area contributed by atoms with Crippen LogP contribution in [0.2, 0.25) is 0 Å². The van der Waals surface area contributed by atoms with Crippen molar-refractivity contribution < 1.29 is 13.2 Å². The van der Waals surface area contributed by atoms with Gasteiger partial charge < -0.3 is 4.98 Å². The van der Waals surface area contributed by atoms with E-state index in [1.807, 2.05) is 6.92 Å². The van der Waals surface area contributed by atoms with Crippen LogP contribution in [0.5, 0.6) is 0 Å². The second kappa shape index (κ2) is 4.44. The van der Waals surface area contributed by atoms with Gasteiger partial charge in [0.05, 0.1) is 11.1 Å². The lowest BCUT2D eigenvalue weighted by Crippen LogP contribution is -2.14. The van der Waals surface area contributed by atoms with Gasteiger partial charge in [-0.2, -0.15) is 18.2 Å². The van der Waals surface area contributed by atoms with Crippen molar-refractivity contribution in [3.63, 3.8) is 0 Å². The number of nitrogens with zero attached hydrogens (tertiary/aromatic N) is 1. The fraction of sp³-hybridized carbons (Fsp3) is 0.333. The molecule has 1 N–H and O–H groups in total. The first-order chi connectivity index (χ1) is 8.41. The van der Waals surface area contributed by atoms with Crippen molar-refractivity contribution in [3.05, 3.63) is 39.9 Å². The first kappa shape index (κ1) is 12.6. The average Bonchev–Trinajstić information content (AvgIpc) is 2.27. The zero-order valence-corrected chi connectivity index (χ0v) is 9.64. The van der Waals surface area contributed by atoms with E-state index in [2.05, 4.69) is 9.97 Å². The maximum Gasteiger partial charge on any atom is 0.416 e. The molecule has 18 heavy (non-hydrogen) atoms. The maximum atomic E-state index is 12.6. The van der Waals surface area contributed by atoms with Crippen LogP contribution in [0.15, 0.2) is 23.0 Å². The highest BCUT2D eigenvalue weighted by Crippen LogP contribution is 2.31. The van der Waals surface area contributed by atoms with Crippen molar-refractivity contribution in [1.82, 2.24) is 9.97 Å². The maximum absolute atomic E-state index is 12.6. The summed E-state index contributed by atoms with van der Waals surface area (Å²) in [5, 5.41) is 0.560. The molecule has 0 saturated heterocycles. The highest BCUT2D eigenvalue weighted by atomic mass is 19.4. The highest BCUT2D eigenvalue weighted by molar-refractivity contribution is 5.81. The lowest BCUT2D eigenvalue weighted by Gasteiger charge is -2.09. The first-order valence-electron chi connectivity index (χ1n) is 5.52. The molecule has 1 aromatic carbocycles. The predicted octanol–water partition coefficient (Wildman–Crippen LogP) is 2.89. The third-order valence-corrected chi connectivity index (χ3v) is 2.63. The number of hydrogen-bond donors (Lipinski definition) is 1. The van der Waals surface area contributed by atoms with Crippen LogP contribution >= 0.6 is 0 Å². The van der Waals surface area contributed by atoms with Crippen LogP contribution in [0.25, 0.3) is 10.9 Å². The lowest BCUT2D eigenvalue weighted by atomic mass is 10.1. The van der Waals surface area contributed by atoms with Gasteiger partial charge >= 0.3 is 11.9 Å². The minimum Gasteiger partial charge on any atom is -0.309 e. The number of rotatable bonds is 2. The number of benzene rings is 1. The number of H-pyrrole nitrogens is 1. The Morgan fingerprint density at radius 1 is 1.33 bits per heavy atom. The molecule has 2 aromatic rings. The van der Waals surface area contributed by atoms with Gasteiger partial charge in [-0.1, -0.05) is 19.4 Å². The summed E-state index contributed by atoms with van der Waals surface area (Å²) < 4.78 is 37.7. The summed E-state index contributed by atoms with van der Waals surface area (Å²) in [7, 11) is 0. The van der Waals surface area contributed by atoms with Crippen LogP contribution in [-0.2, 0) is 12.6 Å². The fourth-order valence-corrected chi connectivity index (χ4v) is 1.84. The van der Waals surface area contributed by atoms with Crippen LogP contribution in [0.1, 0.15) is 24.6 Å². The monoisotopic (exact) mass is 256 g/mol. The summed E-state index contributed by atoms with van der Waals surface area (Å²) in [4.78, 5) is 17.4. The molecule has 0 saturated carbocycles. The third-order valence-electron chi connectivity index (χ3n) is 2.63. The molecule has 0 aliphatic carbocycles. The average molecular weight is 256 g/mol. The van der Waals surface area contributed by atoms with Crippen LogP contribution in [0.4, 0.5) is 13.2 Å². The van der Waals surface area contributed by atoms with Gasteiger partial charge in [0.2, 0.25) is 0 Å². The van der Waals surface area contributed by atoms with E-state index in [-0.39, 0.29) is 5.52 Å². The molecular formula is C12H11F3N2O. The molecule has 0 fully saturated rings. The van der Waals surface area contributed by atoms with Gasteiger partial charge in [-0.05, 0) is 18.6 Å². The Morgan fingerprint density at radius 3 is 2.67 bits per heavy atom. The molecule has 0 bridgehead atoms. The molecule has 0 spiro atoms. The molecule has 96 valence electrons. The van der Waals surface area contributed by atoms with E-state index in [4.69, 9.17) is 0 Å². The molecule has 0 aliphatic rings. The zero-order valence-electron chi connectivity index (χ0n) is 9.64. The summed E-state index contributed by atoms with van der Waals surface area (Å²) in [6, 6.07) is 3.26.